The summed E-state index contributed by atoms with van der Waals surface area (Å²) in [4.78, 5) is 0. The molecule has 0 amide bonds. The molecule has 53 heavy (non-hydrogen) atoms. The smallest absolute Gasteiger partial charge is 0.0137 e. The van der Waals surface area contributed by atoms with Crippen LogP contribution in [0.25, 0.3) is 16.8 Å². The van der Waals surface area contributed by atoms with Gasteiger partial charge in [0.2, 0.25) is 0 Å². The van der Waals surface area contributed by atoms with E-state index in [1.54, 1.807) is 12.2 Å². The van der Waals surface area contributed by atoms with Crippen molar-refractivity contribution >= 4 is 16.8 Å². The fourth-order valence-corrected chi connectivity index (χ4v) is 5.41. The number of hydrogen-bond donors (Lipinski definition) is 0. The molecule has 3 aromatic rings. The summed E-state index contributed by atoms with van der Waals surface area (Å²) < 4.78 is 0. The van der Waals surface area contributed by atoms with Gasteiger partial charge >= 0.3 is 0 Å². The Kier molecular flexibility index (Phi) is 31.9. The molecule has 2 unspecified atom stereocenters. The molecule has 0 saturated carbocycles. The van der Waals surface area contributed by atoms with Gasteiger partial charge in [0.1, 0.15) is 0 Å². The third-order valence-corrected chi connectivity index (χ3v) is 8.83. The van der Waals surface area contributed by atoms with Gasteiger partial charge in [-0.05, 0) is 117 Å². The molecular weight excluding hydrogens is 637 g/mol. The van der Waals surface area contributed by atoms with E-state index in [4.69, 9.17) is 0 Å². The van der Waals surface area contributed by atoms with E-state index in [-0.39, 0.29) is 7.43 Å². The first-order chi connectivity index (χ1) is 24.8. The number of aryl methyl sites for hydroxylation is 1. The van der Waals surface area contributed by atoms with E-state index in [1.165, 1.54) is 69.9 Å². The summed E-state index contributed by atoms with van der Waals surface area (Å²) in [6.07, 6.45) is 23.6. The van der Waals surface area contributed by atoms with Crippen molar-refractivity contribution in [2.75, 3.05) is 0 Å². The highest BCUT2D eigenvalue weighted by atomic mass is 14.2. The van der Waals surface area contributed by atoms with Crippen LogP contribution >= 0.6 is 0 Å². The monoisotopic (exact) mass is 719 g/mol. The zero-order valence-electron chi connectivity index (χ0n) is 36.4. The molecule has 0 aliphatic heterocycles. The Morgan fingerprint density at radius 2 is 1.43 bits per heavy atom. The fraction of sp³-hybridized carbons (Fsp3) is 0.434. The molecule has 0 spiro atoms. The van der Waals surface area contributed by atoms with E-state index < -0.39 is 0 Å². The molecule has 294 valence electrons. The lowest BCUT2D eigenvalue weighted by atomic mass is 9.84. The first kappa shape index (κ1) is 53.5. The molecular formula is C53H82. The van der Waals surface area contributed by atoms with Gasteiger partial charge in [-0.15, -0.1) is 0 Å². The van der Waals surface area contributed by atoms with Crippen molar-refractivity contribution in [2.45, 2.75) is 149 Å². The summed E-state index contributed by atoms with van der Waals surface area (Å²) in [6.45, 7) is 39.1. The predicted molar refractivity (Wildman–Crippen MR) is 250 cm³/mol. The van der Waals surface area contributed by atoms with E-state index in [2.05, 4.69) is 180 Å². The average Bonchev–Trinajstić information content (AvgIpc) is 3.16. The maximum absolute atomic E-state index is 3.56. The quantitative estimate of drug-likeness (QED) is 0.153. The Morgan fingerprint density at radius 3 is 1.87 bits per heavy atom. The minimum absolute atomic E-state index is 0. The highest BCUT2D eigenvalue weighted by Gasteiger charge is 2.14. The van der Waals surface area contributed by atoms with Crippen molar-refractivity contribution in [2.24, 2.45) is 5.41 Å². The molecule has 3 aromatic carbocycles. The van der Waals surface area contributed by atoms with Crippen molar-refractivity contribution in [1.82, 2.24) is 0 Å². The van der Waals surface area contributed by atoms with Crippen LogP contribution in [0.15, 0.2) is 139 Å². The lowest BCUT2D eigenvalue weighted by molar-refractivity contribution is 0.482. The Hall–Kier alpha value is -3.90. The van der Waals surface area contributed by atoms with Crippen molar-refractivity contribution in [1.29, 1.82) is 0 Å². The summed E-state index contributed by atoms with van der Waals surface area (Å²) in [6, 6.07) is 22.4. The van der Waals surface area contributed by atoms with Gasteiger partial charge in [0, 0.05) is 0 Å². The minimum Gasteiger partial charge on any atom is -0.0991 e. The van der Waals surface area contributed by atoms with Gasteiger partial charge < -0.3 is 0 Å². The first-order valence-electron chi connectivity index (χ1n) is 19.9. The lowest BCUT2D eigenvalue weighted by Crippen LogP contribution is -2.07. The van der Waals surface area contributed by atoms with E-state index in [0.29, 0.717) is 17.3 Å². The SMILES string of the molecule is C.C/C=C(\C)CCC.C/C=C\c1cc2ccc(C(C)CC(C)c3ccccc3)cc2cc1C.C=C/C=C(/C)C=C.CC.CC.CC1=CCC(C)(C)C=C1. The molecule has 4 rings (SSSR count). The van der Waals surface area contributed by atoms with Crippen LogP contribution in [0.2, 0.25) is 0 Å². The first-order valence-corrected chi connectivity index (χ1v) is 19.9. The molecule has 0 nitrogen and oxygen atoms in total. The second kappa shape index (κ2) is 31.6. The Morgan fingerprint density at radius 1 is 0.830 bits per heavy atom. The lowest BCUT2D eigenvalue weighted by Gasteiger charge is -2.21. The van der Waals surface area contributed by atoms with Crippen LogP contribution < -0.4 is 0 Å². The second-order valence-electron chi connectivity index (χ2n) is 14.0. The molecule has 1 aliphatic rings. The Bertz CT molecular complexity index is 1550. The topological polar surface area (TPSA) is 0 Å². The predicted octanol–water partition coefficient (Wildman–Crippen LogP) is 18.1. The number of benzene rings is 3. The molecule has 0 bridgehead atoms. The Balaban J connectivity index is -0.000000734. The molecule has 0 aromatic heterocycles. The number of rotatable bonds is 9. The van der Waals surface area contributed by atoms with Crippen LogP contribution in [0.5, 0.6) is 0 Å². The van der Waals surface area contributed by atoms with Crippen LogP contribution in [0.3, 0.4) is 0 Å². The normalized spacial score (nSPS) is 13.9. The molecule has 0 heteroatoms. The zero-order chi connectivity index (χ0) is 40.1. The number of allylic oxidation sites excluding steroid dienone is 11. The van der Waals surface area contributed by atoms with Gasteiger partial charge in [-0.3, -0.25) is 0 Å². The van der Waals surface area contributed by atoms with E-state index >= 15 is 0 Å². The van der Waals surface area contributed by atoms with E-state index in [0.717, 1.165) is 5.57 Å². The van der Waals surface area contributed by atoms with Gasteiger partial charge in [-0.1, -0.05) is 215 Å². The van der Waals surface area contributed by atoms with Crippen LogP contribution in [0.4, 0.5) is 0 Å². The van der Waals surface area contributed by atoms with Gasteiger partial charge in [-0.2, -0.15) is 0 Å². The van der Waals surface area contributed by atoms with Gasteiger partial charge in [0.25, 0.3) is 0 Å². The maximum atomic E-state index is 3.56. The van der Waals surface area contributed by atoms with Crippen LogP contribution in [0, 0.1) is 12.3 Å². The minimum atomic E-state index is 0. The summed E-state index contributed by atoms with van der Waals surface area (Å²) in [5.41, 5.74) is 9.98. The molecule has 0 heterocycles. The average molecular weight is 719 g/mol. The van der Waals surface area contributed by atoms with Crippen LogP contribution in [-0.4, -0.2) is 0 Å². The molecule has 1 aliphatic carbocycles. The maximum Gasteiger partial charge on any atom is -0.0137 e. The Labute approximate surface area is 331 Å². The van der Waals surface area contributed by atoms with Crippen molar-refractivity contribution < 1.29 is 0 Å². The van der Waals surface area contributed by atoms with Crippen molar-refractivity contribution in [3.63, 3.8) is 0 Å². The molecule has 0 saturated heterocycles. The molecule has 0 N–H and O–H groups in total. The van der Waals surface area contributed by atoms with Crippen molar-refractivity contribution in [3.05, 3.63) is 161 Å². The molecule has 0 radical (unpaired) electrons. The third kappa shape index (κ3) is 23.4. The highest BCUT2D eigenvalue weighted by Crippen LogP contribution is 2.32. The summed E-state index contributed by atoms with van der Waals surface area (Å²) in [5.74, 6) is 1.13. The summed E-state index contributed by atoms with van der Waals surface area (Å²) >= 11 is 0. The zero-order valence-corrected chi connectivity index (χ0v) is 36.4. The van der Waals surface area contributed by atoms with E-state index in [1.807, 2.05) is 40.7 Å². The number of hydrogen-bond acceptors (Lipinski definition) is 0. The summed E-state index contributed by atoms with van der Waals surface area (Å²) in [7, 11) is 0. The van der Waals surface area contributed by atoms with Crippen molar-refractivity contribution in [3.8, 4) is 0 Å². The van der Waals surface area contributed by atoms with E-state index in [9.17, 15) is 0 Å². The van der Waals surface area contributed by atoms with Gasteiger partial charge in [0.05, 0.1) is 0 Å². The molecule has 2 atom stereocenters. The highest BCUT2D eigenvalue weighted by molar-refractivity contribution is 5.86. The summed E-state index contributed by atoms with van der Waals surface area (Å²) in [5, 5.41) is 2.67. The molecule has 0 fully saturated rings. The third-order valence-electron chi connectivity index (χ3n) is 8.83. The number of fused-ring (bicyclic) bond motifs is 1. The van der Waals surface area contributed by atoms with Crippen LogP contribution in [0.1, 0.15) is 164 Å². The second-order valence-corrected chi connectivity index (χ2v) is 14.0. The van der Waals surface area contributed by atoms with Gasteiger partial charge in [0.15, 0.2) is 0 Å². The standard InChI is InChI=1S/C25H28.C9H14.C7H14.C7H10.2C2H6.CH4/c1-5-9-22-16-24-13-12-23(17-25(24)15-20(22)4)19(3)14-18(2)21-10-7-6-8-11-21;1-8-4-6-9(2,3)7-5-8;2*1-4-6-7(3)5-2;2*1-2;/h5-13,15-19H,14H2,1-4H3;4-6H,7H2,1-3H3;5H,4,6H2,1-3H3;4-6H,1-2H2,3H3;2*1-2H3;1H4/b9-5-;;7-5+;7-6-;;;. The largest absolute Gasteiger partial charge is 0.0991 e. The van der Waals surface area contributed by atoms with Crippen LogP contribution in [-0.2, 0) is 0 Å². The van der Waals surface area contributed by atoms with Gasteiger partial charge in [-0.25, -0.2) is 0 Å². The fourth-order valence-electron chi connectivity index (χ4n) is 5.41.